The fourth-order valence-electron chi connectivity index (χ4n) is 2.30. The number of nitrogens with one attached hydrogen (secondary N) is 1. The van der Waals surface area contributed by atoms with Crippen LogP contribution in [0.1, 0.15) is 31.2 Å². The zero-order valence-electron chi connectivity index (χ0n) is 9.68. The molecular weight excluding hydrogens is 285 g/mol. The van der Waals surface area contributed by atoms with Gasteiger partial charge in [0, 0.05) is 17.6 Å². The van der Waals surface area contributed by atoms with E-state index >= 15 is 0 Å². The van der Waals surface area contributed by atoms with Gasteiger partial charge in [-0.1, -0.05) is 34.8 Å². The summed E-state index contributed by atoms with van der Waals surface area (Å²) in [6, 6.07) is 4.67. The van der Waals surface area contributed by atoms with E-state index in [2.05, 4.69) is 21.2 Å². The van der Waals surface area contributed by atoms with E-state index in [1.807, 2.05) is 0 Å². The molecule has 0 spiro atoms. The van der Waals surface area contributed by atoms with Crippen molar-refractivity contribution in [3.63, 3.8) is 0 Å². The summed E-state index contributed by atoms with van der Waals surface area (Å²) in [7, 11) is 0. The smallest absolute Gasteiger partial charge is 0.124 e. The van der Waals surface area contributed by atoms with Crippen LogP contribution in [0.5, 0.6) is 0 Å². The first-order chi connectivity index (χ1) is 8.09. The van der Waals surface area contributed by atoms with Crippen LogP contribution < -0.4 is 5.32 Å². The first-order valence-corrected chi connectivity index (χ1v) is 6.75. The molecule has 17 heavy (non-hydrogen) atoms. The summed E-state index contributed by atoms with van der Waals surface area (Å²) in [4.78, 5) is 0. The lowest BCUT2D eigenvalue weighted by Crippen LogP contribution is -2.37. The number of hydrogen-bond acceptors (Lipinski definition) is 2. The Kier molecular flexibility index (Phi) is 4.17. The normalized spacial score (nSPS) is 18.5. The summed E-state index contributed by atoms with van der Waals surface area (Å²) in [5.74, 6) is -0.241. The second-order valence-corrected chi connectivity index (χ2v) is 5.63. The molecule has 1 aromatic carbocycles. The van der Waals surface area contributed by atoms with Crippen LogP contribution in [0.25, 0.3) is 0 Å². The Morgan fingerprint density at radius 2 is 2.06 bits per heavy atom. The highest BCUT2D eigenvalue weighted by molar-refractivity contribution is 9.10. The first-order valence-electron chi connectivity index (χ1n) is 5.96. The molecule has 1 saturated carbocycles. The van der Waals surface area contributed by atoms with E-state index in [9.17, 15) is 9.50 Å². The van der Waals surface area contributed by atoms with Crippen molar-refractivity contribution in [3.05, 3.63) is 34.1 Å². The summed E-state index contributed by atoms with van der Waals surface area (Å²) < 4.78 is 13.7. The molecule has 94 valence electrons. The van der Waals surface area contributed by atoms with E-state index in [4.69, 9.17) is 0 Å². The lowest BCUT2D eigenvalue weighted by atomic mass is 10.0. The summed E-state index contributed by atoms with van der Waals surface area (Å²) in [5.41, 5.74) is 0.472. The number of benzene rings is 1. The Labute approximate surface area is 109 Å². The fraction of sp³-hybridized carbons (Fsp3) is 0.538. The summed E-state index contributed by atoms with van der Waals surface area (Å²) in [6.45, 7) is 1.25. The highest BCUT2D eigenvalue weighted by Crippen LogP contribution is 2.28. The first kappa shape index (κ1) is 13.0. The largest absolute Gasteiger partial charge is 0.389 e. The van der Waals surface area contributed by atoms with Gasteiger partial charge in [0.1, 0.15) is 5.82 Å². The van der Waals surface area contributed by atoms with Crippen molar-refractivity contribution in [1.82, 2.24) is 5.32 Å². The summed E-state index contributed by atoms with van der Waals surface area (Å²) >= 11 is 3.33. The van der Waals surface area contributed by atoms with Gasteiger partial charge in [-0.3, -0.25) is 0 Å². The Balaban J connectivity index is 1.85. The van der Waals surface area contributed by atoms with Crippen LogP contribution in [0, 0.1) is 5.82 Å². The van der Waals surface area contributed by atoms with Crippen LogP contribution in [-0.2, 0) is 6.54 Å². The predicted molar refractivity (Wildman–Crippen MR) is 69.2 cm³/mol. The minimum absolute atomic E-state index is 0.241. The quantitative estimate of drug-likeness (QED) is 0.896. The summed E-state index contributed by atoms with van der Waals surface area (Å²) in [5, 5.41) is 13.4. The Morgan fingerprint density at radius 1 is 1.35 bits per heavy atom. The van der Waals surface area contributed by atoms with E-state index in [1.165, 1.54) is 12.1 Å². The monoisotopic (exact) mass is 301 g/mol. The van der Waals surface area contributed by atoms with E-state index in [0.717, 1.165) is 35.7 Å². The van der Waals surface area contributed by atoms with Crippen molar-refractivity contribution in [2.24, 2.45) is 0 Å². The van der Waals surface area contributed by atoms with Gasteiger partial charge in [-0.15, -0.1) is 0 Å². The van der Waals surface area contributed by atoms with Gasteiger partial charge in [0.15, 0.2) is 0 Å². The lowest BCUT2D eigenvalue weighted by molar-refractivity contribution is 0.0474. The van der Waals surface area contributed by atoms with Crippen LogP contribution >= 0.6 is 15.9 Å². The number of hydrogen-bond donors (Lipinski definition) is 2. The van der Waals surface area contributed by atoms with Crippen LogP contribution in [0.4, 0.5) is 4.39 Å². The third-order valence-corrected chi connectivity index (χ3v) is 4.06. The third-order valence-electron chi connectivity index (χ3n) is 3.32. The van der Waals surface area contributed by atoms with Gasteiger partial charge >= 0.3 is 0 Å². The molecule has 1 aliphatic rings. The summed E-state index contributed by atoms with van der Waals surface area (Å²) in [6.07, 6.45) is 3.98. The van der Waals surface area contributed by atoms with Gasteiger partial charge < -0.3 is 10.4 Å². The molecular formula is C13H17BrFNO. The van der Waals surface area contributed by atoms with Crippen molar-refractivity contribution in [3.8, 4) is 0 Å². The molecule has 0 heterocycles. The molecule has 0 aromatic heterocycles. The molecule has 1 aliphatic carbocycles. The molecule has 0 unspecified atom stereocenters. The van der Waals surface area contributed by atoms with Gasteiger partial charge in [0.05, 0.1) is 5.60 Å². The van der Waals surface area contributed by atoms with Crippen LogP contribution in [0.3, 0.4) is 0 Å². The van der Waals surface area contributed by atoms with E-state index in [0.29, 0.717) is 13.1 Å². The fourth-order valence-corrected chi connectivity index (χ4v) is 2.80. The number of halogens is 2. The van der Waals surface area contributed by atoms with Crippen molar-refractivity contribution < 1.29 is 9.50 Å². The lowest BCUT2D eigenvalue weighted by Gasteiger charge is -2.22. The average Bonchev–Trinajstić information content (AvgIpc) is 2.69. The third kappa shape index (κ3) is 3.50. The van der Waals surface area contributed by atoms with Crippen LogP contribution in [0.15, 0.2) is 22.7 Å². The van der Waals surface area contributed by atoms with Gasteiger partial charge in [-0.25, -0.2) is 4.39 Å². The molecule has 2 nitrogen and oxygen atoms in total. The van der Waals surface area contributed by atoms with E-state index in [-0.39, 0.29) is 5.82 Å². The van der Waals surface area contributed by atoms with Crippen molar-refractivity contribution in [1.29, 1.82) is 0 Å². The molecule has 1 fully saturated rings. The number of rotatable bonds is 4. The van der Waals surface area contributed by atoms with Crippen molar-refractivity contribution in [2.75, 3.05) is 6.54 Å². The average molecular weight is 302 g/mol. The molecule has 0 amide bonds. The molecule has 1 aromatic rings. The molecule has 0 bridgehead atoms. The van der Waals surface area contributed by atoms with Gasteiger partial charge in [0.25, 0.3) is 0 Å². The second-order valence-electron chi connectivity index (χ2n) is 4.77. The predicted octanol–water partition coefficient (Wildman–Crippen LogP) is 2.98. The van der Waals surface area contributed by atoms with Crippen molar-refractivity contribution in [2.45, 2.75) is 37.8 Å². The van der Waals surface area contributed by atoms with Gasteiger partial charge in [-0.2, -0.15) is 0 Å². The highest BCUT2D eigenvalue weighted by atomic mass is 79.9. The maximum Gasteiger partial charge on any atom is 0.124 e. The molecule has 2 rings (SSSR count). The van der Waals surface area contributed by atoms with Crippen LogP contribution in [0.2, 0.25) is 0 Å². The number of aliphatic hydroxyl groups is 1. The second kappa shape index (κ2) is 5.46. The Bertz CT molecular complexity index is 391. The molecule has 4 heteroatoms. The Morgan fingerprint density at radius 3 is 2.71 bits per heavy atom. The minimum Gasteiger partial charge on any atom is -0.389 e. The molecule has 0 atom stereocenters. The standard InChI is InChI=1S/C13H17BrFNO/c14-12-7-11(15)4-3-10(12)8-16-9-13(17)5-1-2-6-13/h3-4,7,16-17H,1-2,5-6,8-9H2. The molecule has 0 saturated heterocycles. The molecule has 0 aliphatic heterocycles. The molecule has 0 radical (unpaired) electrons. The van der Waals surface area contributed by atoms with E-state index < -0.39 is 5.60 Å². The maximum absolute atomic E-state index is 12.9. The Hall–Kier alpha value is -0.450. The highest BCUT2D eigenvalue weighted by Gasteiger charge is 2.30. The van der Waals surface area contributed by atoms with Gasteiger partial charge in [-0.05, 0) is 30.5 Å². The van der Waals surface area contributed by atoms with Gasteiger partial charge in [0.2, 0.25) is 0 Å². The topological polar surface area (TPSA) is 32.3 Å². The minimum atomic E-state index is -0.535. The van der Waals surface area contributed by atoms with E-state index in [1.54, 1.807) is 6.07 Å². The SMILES string of the molecule is OC1(CNCc2ccc(F)cc2Br)CCCC1. The zero-order chi connectivity index (χ0) is 12.3. The zero-order valence-corrected chi connectivity index (χ0v) is 11.3. The van der Waals surface area contributed by atoms with Crippen LogP contribution in [-0.4, -0.2) is 17.3 Å². The molecule has 2 N–H and O–H groups in total. The maximum atomic E-state index is 12.9. The van der Waals surface area contributed by atoms with Crippen molar-refractivity contribution >= 4 is 15.9 Å².